The summed E-state index contributed by atoms with van der Waals surface area (Å²) >= 11 is 1.16. The Morgan fingerprint density at radius 1 is 1.41 bits per heavy atom. The van der Waals surface area contributed by atoms with E-state index < -0.39 is 17.2 Å². The molecule has 0 bridgehead atoms. The molecule has 1 aliphatic rings. The van der Waals surface area contributed by atoms with Gasteiger partial charge >= 0.3 is 11.7 Å². The first-order valence-electron chi connectivity index (χ1n) is 7.30. The molecule has 1 atom stereocenters. The van der Waals surface area contributed by atoms with Gasteiger partial charge < -0.3 is 5.32 Å². The number of nitrogens with one attached hydrogen (secondary N) is 3. The number of imide groups is 1. The molecule has 3 N–H and O–H groups in total. The third-order valence-electron chi connectivity index (χ3n) is 3.14. The number of hydrogen-bond acceptors (Lipinski definition) is 5. The Hall–Kier alpha value is -1.77. The van der Waals surface area contributed by atoms with Gasteiger partial charge in [-0.1, -0.05) is 25.6 Å². The van der Waals surface area contributed by atoms with Gasteiger partial charge in [0.15, 0.2) is 5.16 Å². The summed E-state index contributed by atoms with van der Waals surface area (Å²) in [6.45, 7) is 6.11. The Kier molecular flexibility index (Phi) is 5.28. The van der Waals surface area contributed by atoms with Crippen molar-refractivity contribution in [3.63, 3.8) is 0 Å². The fraction of sp³-hybridized carbons (Fsp3) is 0.692. The van der Waals surface area contributed by atoms with Gasteiger partial charge in [0.1, 0.15) is 0 Å². The summed E-state index contributed by atoms with van der Waals surface area (Å²) in [4.78, 5) is 35.2. The van der Waals surface area contributed by atoms with Gasteiger partial charge in [-0.3, -0.25) is 14.7 Å². The second-order valence-corrected chi connectivity index (χ2v) is 7.07. The zero-order valence-corrected chi connectivity index (χ0v) is 13.7. The van der Waals surface area contributed by atoms with Crippen LogP contribution in [0, 0.1) is 5.92 Å². The lowest BCUT2D eigenvalue weighted by Gasteiger charge is -2.12. The van der Waals surface area contributed by atoms with Crippen molar-refractivity contribution in [3.8, 4) is 0 Å². The molecule has 0 aromatic carbocycles. The van der Waals surface area contributed by atoms with Crippen LogP contribution in [0.2, 0.25) is 0 Å². The van der Waals surface area contributed by atoms with Gasteiger partial charge in [0.05, 0.1) is 5.25 Å². The first-order valence-corrected chi connectivity index (χ1v) is 8.18. The van der Waals surface area contributed by atoms with E-state index in [2.05, 4.69) is 20.8 Å². The van der Waals surface area contributed by atoms with Crippen LogP contribution in [-0.2, 0) is 4.79 Å². The number of amides is 3. The van der Waals surface area contributed by atoms with Crippen molar-refractivity contribution >= 4 is 23.7 Å². The lowest BCUT2D eigenvalue weighted by Crippen LogP contribution is -2.43. The number of aromatic amines is 1. The van der Waals surface area contributed by atoms with Crippen LogP contribution in [0.3, 0.4) is 0 Å². The van der Waals surface area contributed by atoms with Crippen molar-refractivity contribution in [3.05, 3.63) is 10.5 Å². The molecule has 3 amide bonds. The third-order valence-corrected chi connectivity index (χ3v) is 4.21. The number of carbonyl (C=O) groups is 2. The minimum absolute atomic E-state index is 0.179. The van der Waals surface area contributed by atoms with Crippen molar-refractivity contribution in [1.82, 2.24) is 25.4 Å². The van der Waals surface area contributed by atoms with Crippen molar-refractivity contribution < 1.29 is 9.59 Å². The number of thioether (sulfide) groups is 1. The van der Waals surface area contributed by atoms with E-state index in [1.807, 2.05) is 13.8 Å². The fourth-order valence-corrected chi connectivity index (χ4v) is 2.72. The summed E-state index contributed by atoms with van der Waals surface area (Å²) in [6, 6.07) is -0.328. The van der Waals surface area contributed by atoms with Crippen LogP contribution in [0.25, 0.3) is 0 Å². The molecule has 1 aliphatic carbocycles. The Morgan fingerprint density at radius 3 is 2.68 bits per heavy atom. The summed E-state index contributed by atoms with van der Waals surface area (Å²) in [5, 5.41) is 11.2. The molecule has 0 saturated heterocycles. The van der Waals surface area contributed by atoms with Crippen LogP contribution in [-0.4, -0.2) is 38.5 Å². The molecule has 0 aliphatic heterocycles. The Balaban J connectivity index is 1.89. The summed E-state index contributed by atoms with van der Waals surface area (Å²) in [5.74, 6) is -0.103. The van der Waals surface area contributed by atoms with Crippen LogP contribution < -0.4 is 16.3 Å². The van der Waals surface area contributed by atoms with Crippen molar-refractivity contribution in [2.24, 2.45) is 5.92 Å². The van der Waals surface area contributed by atoms with E-state index in [-0.39, 0.29) is 11.7 Å². The topological polar surface area (TPSA) is 109 Å². The lowest BCUT2D eigenvalue weighted by molar-refractivity contribution is -0.119. The standard InChI is InChI=1S/C13H21N5O3S/c1-7(2)6-14-11(20)15-10(19)8(3)22-13-17-16-12(21)18(13)9-4-5-9/h7-9H,4-6H2,1-3H3,(H,16,21)(H2,14,15,19,20)/t8-/m1/s1. The summed E-state index contributed by atoms with van der Waals surface area (Å²) in [7, 11) is 0. The molecule has 2 rings (SSSR count). The van der Waals surface area contributed by atoms with Crippen LogP contribution in [0.15, 0.2) is 9.95 Å². The maximum atomic E-state index is 12.0. The van der Waals surface area contributed by atoms with Gasteiger partial charge in [0.2, 0.25) is 5.91 Å². The highest BCUT2D eigenvalue weighted by molar-refractivity contribution is 8.00. The molecule has 122 valence electrons. The van der Waals surface area contributed by atoms with E-state index in [1.54, 1.807) is 11.5 Å². The zero-order chi connectivity index (χ0) is 16.3. The predicted molar refractivity (Wildman–Crippen MR) is 82.8 cm³/mol. The Bertz CT molecular complexity index is 605. The number of carbonyl (C=O) groups excluding carboxylic acids is 2. The van der Waals surface area contributed by atoms with Crippen LogP contribution in [0.4, 0.5) is 4.79 Å². The van der Waals surface area contributed by atoms with E-state index in [9.17, 15) is 14.4 Å². The number of H-pyrrole nitrogens is 1. The number of hydrogen-bond donors (Lipinski definition) is 3. The van der Waals surface area contributed by atoms with Gasteiger partial charge in [-0.25, -0.2) is 14.7 Å². The highest BCUT2D eigenvalue weighted by Crippen LogP contribution is 2.36. The molecule has 1 fully saturated rings. The van der Waals surface area contributed by atoms with Gasteiger partial charge in [-0.05, 0) is 25.7 Å². The molecule has 1 aromatic rings. The Morgan fingerprint density at radius 2 is 2.09 bits per heavy atom. The molecule has 22 heavy (non-hydrogen) atoms. The highest BCUT2D eigenvalue weighted by Gasteiger charge is 2.30. The molecule has 0 spiro atoms. The Labute approximate surface area is 132 Å². The lowest BCUT2D eigenvalue weighted by atomic mass is 10.2. The largest absolute Gasteiger partial charge is 0.344 e. The van der Waals surface area contributed by atoms with Gasteiger partial charge in [0.25, 0.3) is 0 Å². The molecule has 0 unspecified atom stereocenters. The van der Waals surface area contributed by atoms with E-state index in [4.69, 9.17) is 0 Å². The van der Waals surface area contributed by atoms with Crippen molar-refractivity contribution in [2.45, 2.75) is 50.1 Å². The van der Waals surface area contributed by atoms with Crippen LogP contribution in [0.1, 0.15) is 39.7 Å². The highest BCUT2D eigenvalue weighted by atomic mass is 32.2. The molecule has 1 heterocycles. The molecular weight excluding hydrogens is 306 g/mol. The van der Waals surface area contributed by atoms with Gasteiger partial charge in [-0.15, -0.1) is 5.10 Å². The van der Waals surface area contributed by atoms with Gasteiger partial charge in [0, 0.05) is 12.6 Å². The first-order chi connectivity index (χ1) is 10.4. The maximum absolute atomic E-state index is 12.0. The third kappa shape index (κ3) is 4.36. The smallest absolute Gasteiger partial charge is 0.338 e. The van der Waals surface area contributed by atoms with Crippen LogP contribution in [0.5, 0.6) is 0 Å². The summed E-state index contributed by atoms with van der Waals surface area (Å²) in [5.41, 5.74) is -0.257. The molecule has 1 saturated carbocycles. The normalized spacial score (nSPS) is 15.6. The quantitative estimate of drug-likeness (QED) is 0.672. The predicted octanol–water partition coefficient (Wildman–Crippen LogP) is 0.869. The fourth-order valence-electron chi connectivity index (χ4n) is 1.79. The van der Waals surface area contributed by atoms with Crippen molar-refractivity contribution in [2.75, 3.05) is 6.54 Å². The average Bonchev–Trinajstić information content (AvgIpc) is 3.21. The molecular formula is C13H21N5O3S. The molecule has 1 aromatic heterocycles. The number of nitrogens with zero attached hydrogens (tertiary/aromatic N) is 2. The first kappa shape index (κ1) is 16.6. The van der Waals surface area contributed by atoms with Crippen molar-refractivity contribution in [1.29, 1.82) is 0 Å². The van der Waals surface area contributed by atoms with E-state index in [0.29, 0.717) is 17.6 Å². The van der Waals surface area contributed by atoms with Crippen LogP contribution >= 0.6 is 11.8 Å². The maximum Gasteiger partial charge on any atom is 0.344 e. The number of urea groups is 1. The minimum atomic E-state index is -0.530. The monoisotopic (exact) mass is 327 g/mol. The molecule has 8 nitrogen and oxygen atoms in total. The second kappa shape index (κ2) is 6.99. The minimum Gasteiger partial charge on any atom is -0.338 e. The van der Waals surface area contributed by atoms with E-state index >= 15 is 0 Å². The van der Waals surface area contributed by atoms with E-state index in [0.717, 1.165) is 24.6 Å². The average molecular weight is 327 g/mol. The molecule has 0 radical (unpaired) electrons. The summed E-state index contributed by atoms with van der Waals surface area (Å²) in [6.07, 6.45) is 1.90. The second-order valence-electron chi connectivity index (χ2n) is 5.77. The SMILES string of the molecule is CC(C)CNC(=O)NC(=O)[C@@H](C)Sc1n[nH]c(=O)n1C1CC1. The molecule has 9 heteroatoms. The number of aromatic nitrogens is 3. The summed E-state index contributed by atoms with van der Waals surface area (Å²) < 4.78 is 1.58. The van der Waals surface area contributed by atoms with Gasteiger partial charge in [-0.2, -0.15) is 0 Å². The zero-order valence-electron chi connectivity index (χ0n) is 12.9. The van der Waals surface area contributed by atoms with E-state index in [1.165, 1.54) is 0 Å². The number of rotatable bonds is 6.